The van der Waals surface area contributed by atoms with Crippen LogP contribution in [0.25, 0.3) is 0 Å². The van der Waals surface area contributed by atoms with Crippen LogP contribution in [0.3, 0.4) is 0 Å². The first-order chi connectivity index (χ1) is 5.52. The van der Waals surface area contributed by atoms with Gasteiger partial charge in [0.1, 0.15) is 5.82 Å². The SMILES string of the molecule is Cc1cc(N)nc(C(=O)O)c1Br. The van der Waals surface area contributed by atoms with Crippen LogP contribution < -0.4 is 5.73 Å². The van der Waals surface area contributed by atoms with Crippen LogP contribution in [0.2, 0.25) is 0 Å². The average Bonchev–Trinajstić information content (AvgIpc) is 1.96. The molecular weight excluding hydrogens is 224 g/mol. The van der Waals surface area contributed by atoms with Gasteiger partial charge in [-0.25, -0.2) is 9.78 Å². The molecule has 0 aliphatic rings. The standard InChI is InChI=1S/C7H7BrN2O2/c1-3-2-4(9)10-6(5(3)8)7(11)12/h2H,1H3,(H2,9,10)(H,11,12). The Morgan fingerprint density at radius 1 is 1.75 bits per heavy atom. The molecule has 0 amide bonds. The van der Waals surface area contributed by atoms with Crippen molar-refractivity contribution in [2.24, 2.45) is 0 Å². The zero-order valence-electron chi connectivity index (χ0n) is 6.34. The van der Waals surface area contributed by atoms with Gasteiger partial charge >= 0.3 is 5.97 Å². The van der Waals surface area contributed by atoms with Crippen molar-refractivity contribution >= 4 is 27.7 Å². The molecule has 0 atom stereocenters. The molecule has 12 heavy (non-hydrogen) atoms. The Morgan fingerprint density at radius 2 is 2.33 bits per heavy atom. The Kier molecular flexibility index (Phi) is 2.32. The molecule has 0 spiro atoms. The summed E-state index contributed by atoms with van der Waals surface area (Å²) in [6, 6.07) is 1.61. The van der Waals surface area contributed by atoms with E-state index in [0.29, 0.717) is 4.47 Å². The highest BCUT2D eigenvalue weighted by Crippen LogP contribution is 2.21. The number of carboxylic acids is 1. The van der Waals surface area contributed by atoms with Gasteiger partial charge in [0.05, 0.1) is 4.47 Å². The monoisotopic (exact) mass is 230 g/mol. The first-order valence-electron chi connectivity index (χ1n) is 3.18. The first-order valence-corrected chi connectivity index (χ1v) is 3.97. The summed E-state index contributed by atoms with van der Waals surface area (Å²) >= 11 is 3.12. The molecule has 0 radical (unpaired) electrons. The van der Waals surface area contributed by atoms with E-state index < -0.39 is 5.97 Å². The molecule has 1 aromatic heterocycles. The van der Waals surface area contributed by atoms with Gasteiger partial charge in [0.25, 0.3) is 0 Å². The molecule has 1 rings (SSSR count). The lowest BCUT2D eigenvalue weighted by molar-refractivity contribution is 0.0689. The highest BCUT2D eigenvalue weighted by molar-refractivity contribution is 9.10. The molecule has 4 nitrogen and oxygen atoms in total. The zero-order valence-corrected chi connectivity index (χ0v) is 7.92. The van der Waals surface area contributed by atoms with Crippen molar-refractivity contribution in [3.63, 3.8) is 0 Å². The normalized spacial score (nSPS) is 9.83. The zero-order chi connectivity index (χ0) is 9.30. The number of anilines is 1. The highest BCUT2D eigenvalue weighted by Gasteiger charge is 2.12. The van der Waals surface area contributed by atoms with Gasteiger partial charge in [0.2, 0.25) is 0 Å². The van der Waals surface area contributed by atoms with E-state index in [-0.39, 0.29) is 11.5 Å². The molecule has 0 unspecified atom stereocenters. The lowest BCUT2D eigenvalue weighted by Crippen LogP contribution is -2.05. The van der Waals surface area contributed by atoms with E-state index in [1.54, 1.807) is 13.0 Å². The summed E-state index contributed by atoms with van der Waals surface area (Å²) in [5, 5.41) is 8.67. The number of rotatable bonds is 1. The van der Waals surface area contributed by atoms with Gasteiger partial charge < -0.3 is 10.8 Å². The third-order valence-electron chi connectivity index (χ3n) is 1.36. The van der Waals surface area contributed by atoms with Crippen molar-refractivity contribution in [1.29, 1.82) is 0 Å². The van der Waals surface area contributed by atoms with Crippen molar-refractivity contribution in [1.82, 2.24) is 4.98 Å². The number of aryl methyl sites for hydroxylation is 1. The van der Waals surface area contributed by atoms with Crippen LogP contribution in [0.15, 0.2) is 10.5 Å². The fourth-order valence-corrected chi connectivity index (χ4v) is 1.20. The average molecular weight is 231 g/mol. The maximum atomic E-state index is 10.6. The Balaban J connectivity index is 3.37. The molecule has 0 fully saturated rings. The number of nitrogen functional groups attached to an aromatic ring is 1. The molecule has 5 heteroatoms. The van der Waals surface area contributed by atoms with Crippen LogP contribution in [-0.2, 0) is 0 Å². The molecule has 64 valence electrons. The highest BCUT2D eigenvalue weighted by atomic mass is 79.9. The number of aromatic carboxylic acids is 1. The summed E-state index contributed by atoms with van der Waals surface area (Å²) in [4.78, 5) is 14.2. The van der Waals surface area contributed by atoms with Gasteiger partial charge in [-0.3, -0.25) is 0 Å². The number of carboxylic acid groups (broad SMARTS) is 1. The minimum Gasteiger partial charge on any atom is -0.476 e. The van der Waals surface area contributed by atoms with E-state index >= 15 is 0 Å². The third kappa shape index (κ3) is 1.55. The number of carbonyl (C=O) groups is 1. The third-order valence-corrected chi connectivity index (χ3v) is 2.36. The summed E-state index contributed by atoms with van der Waals surface area (Å²) in [6.07, 6.45) is 0. The Hall–Kier alpha value is -1.10. The Morgan fingerprint density at radius 3 is 2.83 bits per heavy atom. The predicted octanol–water partition coefficient (Wildman–Crippen LogP) is 1.43. The summed E-state index contributed by atoms with van der Waals surface area (Å²) in [6.45, 7) is 1.76. The largest absolute Gasteiger partial charge is 0.476 e. The number of halogens is 1. The van der Waals surface area contributed by atoms with E-state index in [4.69, 9.17) is 10.8 Å². The number of nitrogens with two attached hydrogens (primary N) is 1. The molecule has 3 N–H and O–H groups in total. The lowest BCUT2D eigenvalue weighted by Gasteiger charge is -2.02. The molecule has 1 heterocycles. The molecular formula is C7H7BrN2O2. The quantitative estimate of drug-likeness (QED) is 0.766. The van der Waals surface area contributed by atoms with Crippen LogP contribution in [-0.4, -0.2) is 16.1 Å². The van der Waals surface area contributed by atoms with Crippen LogP contribution in [0, 0.1) is 6.92 Å². The van der Waals surface area contributed by atoms with Gasteiger partial charge in [0.15, 0.2) is 5.69 Å². The van der Waals surface area contributed by atoms with Crippen molar-refractivity contribution in [2.75, 3.05) is 5.73 Å². The minimum atomic E-state index is -1.09. The van der Waals surface area contributed by atoms with Crippen molar-refractivity contribution in [3.8, 4) is 0 Å². The number of aromatic nitrogens is 1. The van der Waals surface area contributed by atoms with E-state index in [1.807, 2.05) is 0 Å². The molecule has 0 bridgehead atoms. The van der Waals surface area contributed by atoms with Crippen molar-refractivity contribution in [3.05, 3.63) is 21.8 Å². The molecule has 0 aliphatic heterocycles. The van der Waals surface area contributed by atoms with Crippen molar-refractivity contribution < 1.29 is 9.90 Å². The smallest absolute Gasteiger partial charge is 0.355 e. The van der Waals surface area contributed by atoms with Crippen LogP contribution in [0.5, 0.6) is 0 Å². The number of hydrogen-bond donors (Lipinski definition) is 2. The second-order valence-electron chi connectivity index (χ2n) is 2.33. The van der Waals surface area contributed by atoms with Crippen LogP contribution >= 0.6 is 15.9 Å². The predicted molar refractivity (Wildman–Crippen MR) is 48.0 cm³/mol. The number of pyridine rings is 1. The fraction of sp³-hybridized carbons (Fsp3) is 0.143. The number of hydrogen-bond acceptors (Lipinski definition) is 3. The summed E-state index contributed by atoms with van der Waals surface area (Å²) in [5.74, 6) is -0.870. The van der Waals surface area contributed by atoms with E-state index in [1.165, 1.54) is 0 Å². The topological polar surface area (TPSA) is 76.2 Å². The summed E-state index contributed by atoms with van der Waals surface area (Å²) in [7, 11) is 0. The maximum Gasteiger partial charge on any atom is 0.355 e. The Bertz CT molecular complexity index is 338. The fourth-order valence-electron chi connectivity index (χ4n) is 0.824. The molecule has 1 aromatic rings. The summed E-state index contributed by atoms with van der Waals surface area (Å²) < 4.78 is 0.476. The minimum absolute atomic E-state index is 0.0486. The van der Waals surface area contributed by atoms with E-state index in [0.717, 1.165) is 5.56 Å². The maximum absolute atomic E-state index is 10.6. The van der Waals surface area contributed by atoms with Gasteiger partial charge in [0, 0.05) is 0 Å². The molecule has 0 saturated heterocycles. The lowest BCUT2D eigenvalue weighted by atomic mass is 10.2. The van der Waals surface area contributed by atoms with Gasteiger partial charge in [-0.15, -0.1) is 0 Å². The Labute approximate surface area is 77.5 Å². The second-order valence-corrected chi connectivity index (χ2v) is 3.12. The molecule has 0 aliphatic carbocycles. The van der Waals surface area contributed by atoms with Crippen LogP contribution in [0.1, 0.15) is 16.1 Å². The summed E-state index contributed by atoms with van der Waals surface area (Å²) in [5.41, 5.74) is 6.09. The van der Waals surface area contributed by atoms with Crippen LogP contribution in [0.4, 0.5) is 5.82 Å². The van der Waals surface area contributed by atoms with Crippen molar-refractivity contribution in [2.45, 2.75) is 6.92 Å². The van der Waals surface area contributed by atoms with Gasteiger partial charge in [-0.05, 0) is 34.5 Å². The molecule has 0 saturated carbocycles. The van der Waals surface area contributed by atoms with Gasteiger partial charge in [-0.1, -0.05) is 0 Å². The molecule has 0 aromatic carbocycles. The van der Waals surface area contributed by atoms with Gasteiger partial charge in [-0.2, -0.15) is 0 Å². The van der Waals surface area contributed by atoms with E-state index in [9.17, 15) is 4.79 Å². The number of nitrogens with zero attached hydrogens (tertiary/aromatic N) is 1. The van der Waals surface area contributed by atoms with E-state index in [2.05, 4.69) is 20.9 Å². The first kappa shape index (κ1) is 8.99. The second kappa shape index (κ2) is 3.10.